The van der Waals surface area contributed by atoms with Gasteiger partial charge >= 0.3 is 0 Å². The first-order valence-corrected chi connectivity index (χ1v) is 23.3. The van der Waals surface area contributed by atoms with Crippen molar-refractivity contribution < 1.29 is 0 Å². The van der Waals surface area contributed by atoms with Crippen molar-refractivity contribution in [2.45, 2.75) is 0 Å². The van der Waals surface area contributed by atoms with Gasteiger partial charge in [0, 0.05) is 16.7 Å². The number of aromatic nitrogens is 3. The first-order chi connectivity index (χ1) is 33.7. The van der Waals surface area contributed by atoms with Crippen molar-refractivity contribution in [1.29, 1.82) is 0 Å². The summed E-state index contributed by atoms with van der Waals surface area (Å²) >= 11 is 0. The van der Waals surface area contributed by atoms with Crippen molar-refractivity contribution in [2.24, 2.45) is 0 Å². The van der Waals surface area contributed by atoms with Gasteiger partial charge in [-0.05, 0) is 139 Å². The van der Waals surface area contributed by atoms with E-state index < -0.39 is 0 Å². The number of rotatable bonds is 5. The molecule has 0 atom stereocenters. The van der Waals surface area contributed by atoms with E-state index in [2.05, 4.69) is 237 Å². The van der Waals surface area contributed by atoms with Gasteiger partial charge in [0.05, 0.1) is 0 Å². The molecule has 68 heavy (non-hydrogen) atoms. The molecular formula is C65H39N3. The Morgan fingerprint density at radius 2 is 0.485 bits per heavy atom. The zero-order valence-electron chi connectivity index (χ0n) is 36.9. The molecule has 0 saturated heterocycles. The number of hydrogen-bond donors (Lipinski definition) is 0. The molecule has 0 aliphatic heterocycles. The Hall–Kier alpha value is -9.05. The molecule has 0 radical (unpaired) electrons. The van der Waals surface area contributed by atoms with Gasteiger partial charge in [-0.1, -0.05) is 206 Å². The molecule has 3 heteroatoms. The van der Waals surface area contributed by atoms with Crippen LogP contribution in [0.2, 0.25) is 0 Å². The molecule has 14 aromatic rings. The van der Waals surface area contributed by atoms with Gasteiger partial charge in [0.25, 0.3) is 0 Å². The van der Waals surface area contributed by atoms with Crippen LogP contribution in [-0.4, -0.2) is 15.0 Å². The Morgan fingerprint density at radius 3 is 0.971 bits per heavy atom. The average Bonchev–Trinajstić information content (AvgIpc) is 3.42. The van der Waals surface area contributed by atoms with E-state index in [-0.39, 0.29) is 0 Å². The SMILES string of the molecule is c1ccc(-c2cc3c4ccccc4c(-c4ccc(-c5nc(-c6cc7ccccc7c7ccccc67)nc(-c6cc7ccccc7c7ccccc67)n5)c5ccccc45)cc3c3ccccc23)cc1. The first-order valence-electron chi connectivity index (χ1n) is 23.3. The van der Waals surface area contributed by atoms with Crippen molar-refractivity contribution in [3.8, 4) is 56.4 Å². The molecule has 3 nitrogen and oxygen atoms in total. The van der Waals surface area contributed by atoms with Gasteiger partial charge in [0.1, 0.15) is 0 Å². The van der Waals surface area contributed by atoms with Crippen LogP contribution in [-0.2, 0) is 0 Å². The Kier molecular flexibility index (Phi) is 8.59. The maximum atomic E-state index is 5.49. The summed E-state index contributed by atoms with van der Waals surface area (Å²) in [5.74, 6) is 1.91. The van der Waals surface area contributed by atoms with Crippen LogP contribution in [0, 0.1) is 0 Å². The number of hydrogen-bond acceptors (Lipinski definition) is 3. The second kappa shape index (κ2) is 15.3. The molecule has 1 heterocycles. The molecule has 0 N–H and O–H groups in total. The minimum absolute atomic E-state index is 0.630. The first kappa shape index (κ1) is 38.2. The monoisotopic (exact) mass is 861 g/mol. The van der Waals surface area contributed by atoms with Crippen molar-refractivity contribution in [2.75, 3.05) is 0 Å². The summed E-state index contributed by atoms with van der Waals surface area (Å²) in [6.45, 7) is 0. The fourth-order valence-electron chi connectivity index (χ4n) is 11.0. The Labute approximate surface area is 392 Å². The maximum Gasteiger partial charge on any atom is 0.164 e. The molecule has 13 aromatic carbocycles. The lowest BCUT2D eigenvalue weighted by molar-refractivity contribution is 1.08. The second-order valence-corrected chi connectivity index (χ2v) is 17.8. The van der Waals surface area contributed by atoms with Crippen LogP contribution in [0.15, 0.2) is 237 Å². The van der Waals surface area contributed by atoms with Gasteiger partial charge in [0.2, 0.25) is 0 Å². The van der Waals surface area contributed by atoms with Crippen molar-refractivity contribution in [1.82, 2.24) is 15.0 Å². The van der Waals surface area contributed by atoms with Crippen LogP contribution in [0.3, 0.4) is 0 Å². The van der Waals surface area contributed by atoms with Gasteiger partial charge in [-0.3, -0.25) is 0 Å². The highest BCUT2D eigenvalue weighted by Crippen LogP contribution is 2.45. The van der Waals surface area contributed by atoms with E-state index in [0.29, 0.717) is 17.5 Å². The minimum atomic E-state index is 0.630. The topological polar surface area (TPSA) is 38.7 Å². The van der Waals surface area contributed by atoms with Crippen molar-refractivity contribution in [3.05, 3.63) is 237 Å². The number of benzene rings is 13. The molecule has 1 aromatic heterocycles. The van der Waals surface area contributed by atoms with Gasteiger partial charge in [-0.2, -0.15) is 0 Å². The zero-order valence-corrected chi connectivity index (χ0v) is 36.9. The Morgan fingerprint density at radius 1 is 0.176 bits per heavy atom. The standard InChI is InChI=1S/C65H39N3/c1-2-18-40(19-3-1)57-38-59-52-31-15-14-30-51(52)58(39-60(59)50-29-13-12-28-49(50)57)55-34-35-56(48-27-11-10-26-47(48)55)63-66-64(61-36-41-20-4-6-22-43(41)45-24-8-16-32-53(45)61)68-65(67-63)62-37-42-21-5-7-23-44(42)46-25-9-17-33-54(46)62/h1-39H. The van der Waals surface area contributed by atoms with Crippen LogP contribution in [0.25, 0.3) is 143 Å². The summed E-state index contributed by atoms with van der Waals surface area (Å²) in [4.78, 5) is 16.4. The van der Waals surface area contributed by atoms with Crippen molar-refractivity contribution >= 4 is 86.2 Å². The van der Waals surface area contributed by atoms with E-state index in [9.17, 15) is 0 Å². The van der Waals surface area contributed by atoms with Crippen LogP contribution >= 0.6 is 0 Å². The van der Waals surface area contributed by atoms with E-state index in [1.807, 2.05) is 0 Å². The highest BCUT2D eigenvalue weighted by Gasteiger charge is 2.21. The summed E-state index contributed by atoms with van der Waals surface area (Å²) in [6.07, 6.45) is 0. The summed E-state index contributed by atoms with van der Waals surface area (Å²) < 4.78 is 0. The predicted octanol–water partition coefficient (Wildman–Crippen LogP) is 17.4. The van der Waals surface area contributed by atoms with Crippen molar-refractivity contribution in [3.63, 3.8) is 0 Å². The van der Waals surface area contributed by atoms with E-state index in [4.69, 9.17) is 15.0 Å². The summed E-state index contributed by atoms with van der Waals surface area (Å²) in [5.41, 5.74) is 7.71. The molecular weight excluding hydrogens is 823 g/mol. The molecule has 0 bridgehead atoms. The fourth-order valence-corrected chi connectivity index (χ4v) is 11.0. The minimum Gasteiger partial charge on any atom is -0.208 e. The molecule has 0 aliphatic carbocycles. The lowest BCUT2D eigenvalue weighted by Gasteiger charge is -2.18. The normalized spacial score (nSPS) is 11.8. The zero-order chi connectivity index (χ0) is 44.7. The van der Waals surface area contributed by atoms with Gasteiger partial charge in [0.15, 0.2) is 17.5 Å². The molecule has 0 aliphatic rings. The van der Waals surface area contributed by atoms with Crippen LogP contribution < -0.4 is 0 Å². The van der Waals surface area contributed by atoms with Gasteiger partial charge in [-0.25, -0.2) is 15.0 Å². The molecule has 0 fully saturated rings. The molecule has 14 rings (SSSR count). The Balaban J connectivity index is 1.04. The Bertz CT molecular complexity index is 4250. The van der Waals surface area contributed by atoms with Gasteiger partial charge in [-0.15, -0.1) is 0 Å². The van der Waals surface area contributed by atoms with E-state index in [0.717, 1.165) is 54.6 Å². The maximum absolute atomic E-state index is 5.49. The quantitative estimate of drug-likeness (QED) is 0.162. The predicted molar refractivity (Wildman–Crippen MR) is 287 cm³/mol. The molecule has 314 valence electrons. The van der Waals surface area contributed by atoms with Crippen LogP contribution in [0.4, 0.5) is 0 Å². The van der Waals surface area contributed by atoms with Crippen LogP contribution in [0.1, 0.15) is 0 Å². The number of nitrogens with zero attached hydrogens (tertiary/aromatic N) is 3. The highest BCUT2D eigenvalue weighted by atomic mass is 15.0. The van der Waals surface area contributed by atoms with E-state index in [1.165, 1.54) is 70.6 Å². The average molecular weight is 862 g/mol. The second-order valence-electron chi connectivity index (χ2n) is 17.8. The lowest BCUT2D eigenvalue weighted by atomic mass is 9.86. The third-order valence-electron chi connectivity index (χ3n) is 14.1. The lowest BCUT2D eigenvalue weighted by Crippen LogP contribution is -2.02. The summed E-state index contributed by atoms with van der Waals surface area (Å²) in [5, 5.41) is 18.8. The summed E-state index contributed by atoms with van der Waals surface area (Å²) in [6, 6.07) is 85.5. The molecule has 0 saturated carbocycles. The molecule has 0 unspecified atom stereocenters. The number of fused-ring (bicyclic) bond motifs is 12. The largest absolute Gasteiger partial charge is 0.208 e. The van der Waals surface area contributed by atoms with E-state index in [1.54, 1.807) is 0 Å². The molecule has 0 spiro atoms. The smallest absolute Gasteiger partial charge is 0.164 e. The molecule has 0 amide bonds. The van der Waals surface area contributed by atoms with Gasteiger partial charge < -0.3 is 0 Å². The fraction of sp³-hybridized carbons (Fsp3) is 0. The highest BCUT2D eigenvalue weighted by molar-refractivity contribution is 6.25. The third kappa shape index (κ3) is 5.96. The summed E-state index contributed by atoms with van der Waals surface area (Å²) in [7, 11) is 0. The van der Waals surface area contributed by atoms with Crippen LogP contribution in [0.5, 0.6) is 0 Å². The van der Waals surface area contributed by atoms with E-state index >= 15 is 0 Å². The third-order valence-corrected chi connectivity index (χ3v) is 14.1.